The van der Waals surface area contributed by atoms with Crippen LogP contribution in [0.3, 0.4) is 0 Å². The Bertz CT molecular complexity index is 966. The molecule has 2 fully saturated rings. The highest BCUT2D eigenvalue weighted by Crippen LogP contribution is 2.30. The fourth-order valence-electron chi connectivity index (χ4n) is 4.11. The summed E-state index contributed by atoms with van der Waals surface area (Å²) in [6, 6.07) is 17.0. The first kappa shape index (κ1) is 21.1. The summed E-state index contributed by atoms with van der Waals surface area (Å²) in [5, 5.41) is 12.0. The highest BCUT2D eigenvalue weighted by Gasteiger charge is 2.30. The Morgan fingerprint density at radius 2 is 1.61 bits per heavy atom. The molecular weight excluding hydrogens is 388 g/mol. The molecule has 2 saturated carbocycles. The Morgan fingerprint density at radius 1 is 0.968 bits per heavy atom. The smallest absolute Gasteiger partial charge is 0.254 e. The molecular formula is C25H28N4O2. The zero-order valence-corrected chi connectivity index (χ0v) is 17.6. The minimum Gasteiger partial charge on any atom is -0.331 e. The van der Waals surface area contributed by atoms with Crippen LogP contribution in [0.25, 0.3) is 0 Å². The molecule has 0 bridgehead atoms. The number of amides is 2. The first-order chi connectivity index (χ1) is 15.0. The maximum absolute atomic E-state index is 13.4. The molecule has 0 spiro atoms. The third-order valence-electron chi connectivity index (χ3n) is 6.23. The lowest BCUT2D eigenvalue weighted by Crippen LogP contribution is -2.43. The molecule has 0 unspecified atom stereocenters. The van der Waals surface area contributed by atoms with Crippen molar-refractivity contribution >= 4 is 17.5 Å². The van der Waals surface area contributed by atoms with E-state index in [1.807, 2.05) is 29.2 Å². The third kappa shape index (κ3) is 5.31. The quantitative estimate of drug-likeness (QED) is 0.748. The Morgan fingerprint density at radius 3 is 2.19 bits per heavy atom. The number of carbonyl (C=O) groups is 2. The Hall–Kier alpha value is -3.17. The normalized spacial score (nSPS) is 20.5. The second-order valence-corrected chi connectivity index (χ2v) is 8.65. The van der Waals surface area contributed by atoms with Crippen molar-refractivity contribution in [2.45, 2.75) is 57.2 Å². The number of hydrogen-bond donors (Lipinski definition) is 2. The van der Waals surface area contributed by atoms with Gasteiger partial charge in [-0.3, -0.25) is 9.59 Å². The van der Waals surface area contributed by atoms with E-state index in [4.69, 9.17) is 11.0 Å². The second-order valence-electron chi connectivity index (χ2n) is 8.65. The molecule has 2 aliphatic carbocycles. The number of anilines is 1. The van der Waals surface area contributed by atoms with Crippen LogP contribution in [0.15, 0.2) is 48.5 Å². The summed E-state index contributed by atoms with van der Waals surface area (Å²) >= 11 is 0. The van der Waals surface area contributed by atoms with E-state index in [0.717, 1.165) is 49.8 Å². The molecule has 2 aliphatic rings. The summed E-state index contributed by atoms with van der Waals surface area (Å²) in [7, 11) is 0. The molecule has 0 heterocycles. The Kier molecular flexibility index (Phi) is 6.34. The molecule has 160 valence electrons. The zero-order valence-electron chi connectivity index (χ0n) is 17.6. The predicted octanol–water partition coefficient (Wildman–Crippen LogP) is 3.82. The molecule has 6 heteroatoms. The van der Waals surface area contributed by atoms with Crippen molar-refractivity contribution in [3.63, 3.8) is 0 Å². The number of benzene rings is 2. The minimum atomic E-state index is -0.0314. The van der Waals surface area contributed by atoms with Crippen molar-refractivity contribution in [3.05, 3.63) is 65.2 Å². The van der Waals surface area contributed by atoms with Crippen LogP contribution in [0.4, 0.5) is 5.69 Å². The van der Waals surface area contributed by atoms with Gasteiger partial charge in [0.1, 0.15) is 0 Å². The van der Waals surface area contributed by atoms with Gasteiger partial charge in [0.15, 0.2) is 0 Å². The summed E-state index contributed by atoms with van der Waals surface area (Å²) in [6.07, 6.45) is 5.54. The van der Waals surface area contributed by atoms with Gasteiger partial charge in [-0.2, -0.15) is 5.26 Å². The van der Waals surface area contributed by atoms with Crippen LogP contribution in [0, 0.1) is 17.2 Å². The van der Waals surface area contributed by atoms with Gasteiger partial charge >= 0.3 is 0 Å². The molecule has 3 N–H and O–H groups in total. The van der Waals surface area contributed by atoms with E-state index < -0.39 is 0 Å². The van der Waals surface area contributed by atoms with Gasteiger partial charge in [0.05, 0.1) is 11.6 Å². The van der Waals surface area contributed by atoms with Gasteiger partial charge in [-0.25, -0.2) is 0 Å². The van der Waals surface area contributed by atoms with Crippen molar-refractivity contribution in [3.8, 4) is 6.07 Å². The van der Waals surface area contributed by atoms with E-state index in [9.17, 15) is 9.59 Å². The largest absolute Gasteiger partial charge is 0.331 e. The standard InChI is InChI=1S/C25H28N4O2/c26-15-17-1-5-20(6-2-17)25(31)29(23-13-9-21(27)10-14-23)16-18-3-11-22(12-4-18)28-24(30)19-7-8-19/h1-6,11-12,19,21,23H,7-10,13-14,16,27H2,(H,28,30). The van der Waals surface area contributed by atoms with E-state index in [2.05, 4.69) is 11.4 Å². The number of nitrogens with zero attached hydrogens (tertiary/aromatic N) is 2. The van der Waals surface area contributed by atoms with E-state index in [-0.39, 0.29) is 29.8 Å². The van der Waals surface area contributed by atoms with Gasteiger partial charge < -0.3 is 16.0 Å². The molecule has 6 nitrogen and oxygen atoms in total. The highest BCUT2D eigenvalue weighted by atomic mass is 16.2. The predicted molar refractivity (Wildman–Crippen MR) is 119 cm³/mol. The third-order valence-corrected chi connectivity index (χ3v) is 6.23. The summed E-state index contributed by atoms with van der Waals surface area (Å²) in [5.74, 6) is 0.220. The topological polar surface area (TPSA) is 99.2 Å². The van der Waals surface area contributed by atoms with Crippen LogP contribution in [-0.4, -0.2) is 28.8 Å². The summed E-state index contributed by atoms with van der Waals surface area (Å²) < 4.78 is 0. The van der Waals surface area contributed by atoms with Gasteiger partial charge in [0, 0.05) is 35.8 Å². The minimum absolute atomic E-state index is 0.0314. The van der Waals surface area contributed by atoms with Gasteiger partial charge in [-0.1, -0.05) is 12.1 Å². The number of carbonyl (C=O) groups excluding carboxylic acids is 2. The summed E-state index contributed by atoms with van der Waals surface area (Å²) in [6.45, 7) is 0.496. The zero-order chi connectivity index (χ0) is 21.8. The summed E-state index contributed by atoms with van der Waals surface area (Å²) in [5.41, 5.74) is 9.01. The van der Waals surface area contributed by atoms with Crippen LogP contribution >= 0.6 is 0 Å². The Balaban J connectivity index is 1.50. The molecule has 0 saturated heterocycles. The average molecular weight is 417 g/mol. The van der Waals surface area contributed by atoms with Crippen LogP contribution < -0.4 is 11.1 Å². The lowest BCUT2D eigenvalue weighted by Gasteiger charge is -2.36. The maximum atomic E-state index is 13.4. The SMILES string of the molecule is N#Cc1ccc(C(=O)N(Cc2ccc(NC(=O)C3CC3)cc2)C2CCC(N)CC2)cc1. The van der Waals surface area contributed by atoms with Crippen molar-refractivity contribution < 1.29 is 9.59 Å². The van der Waals surface area contributed by atoms with Crippen LogP contribution in [0.2, 0.25) is 0 Å². The number of nitrogens with two attached hydrogens (primary N) is 1. The van der Waals surface area contributed by atoms with Gasteiger partial charge in [0.2, 0.25) is 5.91 Å². The van der Waals surface area contributed by atoms with Crippen molar-refractivity contribution in [2.75, 3.05) is 5.32 Å². The van der Waals surface area contributed by atoms with Crippen molar-refractivity contribution in [1.82, 2.24) is 4.90 Å². The summed E-state index contributed by atoms with van der Waals surface area (Å²) in [4.78, 5) is 27.3. The molecule has 2 aromatic carbocycles. The molecule has 0 aliphatic heterocycles. The van der Waals surface area contributed by atoms with Gasteiger partial charge in [-0.05, 0) is 80.5 Å². The van der Waals surface area contributed by atoms with E-state index in [1.165, 1.54) is 0 Å². The highest BCUT2D eigenvalue weighted by molar-refractivity contribution is 5.95. The number of hydrogen-bond acceptors (Lipinski definition) is 4. The van der Waals surface area contributed by atoms with E-state index >= 15 is 0 Å². The first-order valence-corrected chi connectivity index (χ1v) is 11.0. The molecule has 2 aromatic rings. The molecule has 4 rings (SSSR count). The van der Waals surface area contributed by atoms with Gasteiger partial charge in [-0.15, -0.1) is 0 Å². The van der Waals surface area contributed by atoms with Gasteiger partial charge in [0.25, 0.3) is 5.91 Å². The second kappa shape index (κ2) is 9.32. The molecule has 31 heavy (non-hydrogen) atoms. The average Bonchev–Trinajstić information content (AvgIpc) is 3.65. The molecule has 0 aromatic heterocycles. The monoisotopic (exact) mass is 416 g/mol. The van der Waals surface area contributed by atoms with Crippen molar-refractivity contribution in [2.24, 2.45) is 11.7 Å². The lowest BCUT2D eigenvalue weighted by atomic mass is 9.90. The number of nitrogens with one attached hydrogen (secondary N) is 1. The number of nitriles is 1. The molecule has 0 atom stereocenters. The first-order valence-electron chi connectivity index (χ1n) is 11.0. The fourth-order valence-corrected chi connectivity index (χ4v) is 4.11. The van der Waals surface area contributed by atoms with E-state index in [0.29, 0.717) is 17.7 Å². The lowest BCUT2D eigenvalue weighted by molar-refractivity contribution is -0.117. The van der Waals surface area contributed by atoms with Crippen LogP contribution in [0.1, 0.15) is 60.0 Å². The Labute approximate surface area is 183 Å². The molecule has 0 radical (unpaired) electrons. The van der Waals surface area contributed by atoms with Crippen molar-refractivity contribution in [1.29, 1.82) is 5.26 Å². The van der Waals surface area contributed by atoms with E-state index in [1.54, 1.807) is 24.3 Å². The fraction of sp³-hybridized carbons (Fsp3) is 0.400. The molecule has 2 amide bonds. The van der Waals surface area contributed by atoms with Crippen LogP contribution in [-0.2, 0) is 11.3 Å². The maximum Gasteiger partial charge on any atom is 0.254 e. The number of rotatable bonds is 6. The van der Waals surface area contributed by atoms with Crippen LogP contribution in [0.5, 0.6) is 0 Å².